The van der Waals surface area contributed by atoms with Gasteiger partial charge in [-0.05, 0) is 48.2 Å². The molecule has 31 heavy (non-hydrogen) atoms. The molecule has 2 aliphatic rings. The van der Waals surface area contributed by atoms with Gasteiger partial charge in [-0.3, -0.25) is 4.79 Å². The Morgan fingerprint density at radius 1 is 1.06 bits per heavy atom. The molecule has 1 aliphatic carbocycles. The lowest BCUT2D eigenvalue weighted by Crippen LogP contribution is -2.31. The highest BCUT2D eigenvalue weighted by atomic mass is 16.5. The summed E-state index contributed by atoms with van der Waals surface area (Å²) in [6.45, 7) is 4.12. The summed E-state index contributed by atoms with van der Waals surface area (Å²) in [5.41, 5.74) is 3.51. The number of carboxylic acid groups (broad SMARTS) is 1. The van der Waals surface area contributed by atoms with Gasteiger partial charge in [-0.15, -0.1) is 0 Å². The van der Waals surface area contributed by atoms with Gasteiger partial charge in [0.1, 0.15) is 11.5 Å². The summed E-state index contributed by atoms with van der Waals surface area (Å²) in [4.78, 5) is 24.9. The maximum absolute atomic E-state index is 13.4. The average molecular weight is 422 g/mol. The first-order chi connectivity index (χ1) is 14.7. The number of allylic oxidation sites excluding steroid dienone is 1. The van der Waals surface area contributed by atoms with E-state index in [2.05, 4.69) is 24.5 Å². The second kappa shape index (κ2) is 7.65. The largest absolute Gasteiger partial charge is 0.497 e. The second-order valence-corrected chi connectivity index (χ2v) is 8.71. The number of carbonyl (C=O) groups excluding carboxylic acids is 1. The van der Waals surface area contributed by atoms with E-state index in [0.29, 0.717) is 41.3 Å². The molecule has 1 heterocycles. The van der Waals surface area contributed by atoms with Crippen molar-refractivity contribution in [3.63, 3.8) is 0 Å². The van der Waals surface area contributed by atoms with Gasteiger partial charge in [0.2, 0.25) is 0 Å². The van der Waals surface area contributed by atoms with Gasteiger partial charge in [-0.2, -0.15) is 0 Å². The molecule has 0 fully saturated rings. The lowest BCUT2D eigenvalue weighted by molar-refractivity contribution is -0.118. The minimum atomic E-state index is -1.01. The van der Waals surface area contributed by atoms with Crippen molar-refractivity contribution in [2.24, 2.45) is 5.41 Å². The normalized spacial score (nSPS) is 19.4. The summed E-state index contributed by atoms with van der Waals surface area (Å²) in [5, 5.41) is 16.3. The minimum Gasteiger partial charge on any atom is -0.497 e. The number of Topliss-reactive ketones (excluding diaryl/α,β-unsaturated/α-hetero) is 1. The van der Waals surface area contributed by atoms with Crippen molar-refractivity contribution < 1.29 is 24.2 Å². The molecular formula is C24H26N2O5. The van der Waals surface area contributed by atoms with E-state index in [-0.39, 0.29) is 16.8 Å². The Morgan fingerprint density at radius 3 is 2.52 bits per heavy atom. The number of rotatable bonds is 4. The van der Waals surface area contributed by atoms with Crippen LogP contribution in [0.1, 0.15) is 48.7 Å². The van der Waals surface area contributed by atoms with E-state index in [4.69, 9.17) is 9.47 Å². The second-order valence-electron chi connectivity index (χ2n) is 8.71. The van der Waals surface area contributed by atoms with Crippen molar-refractivity contribution in [3.8, 4) is 11.5 Å². The van der Waals surface area contributed by atoms with Gasteiger partial charge in [0.25, 0.3) is 0 Å². The van der Waals surface area contributed by atoms with Gasteiger partial charge in [-0.1, -0.05) is 13.8 Å². The van der Waals surface area contributed by atoms with Crippen LogP contribution in [-0.4, -0.2) is 31.1 Å². The number of carbonyl (C=O) groups is 2. The highest BCUT2D eigenvalue weighted by Gasteiger charge is 2.39. The van der Waals surface area contributed by atoms with Crippen LogP contribution in [0.2, 0.25) is 0 Å². The fourth-order valence-electron chi connectivity index (χ4n) is 4.38. The van der Waals surface area contributed by atoms with Crippen molar-refractivity contribution in [1.82, 2.24) is 0 Å². The summed E-state index contributed by atoms with van der Waals surface area (Å²) in [5.74, 6) is 0.330. The zero-order valence-corrected chi connectivity index (χ0v) is 18.0. The quantitative estimate of drug-likeness (QED) is 0.661. The van der Waals surface area contributed by atoms with Crippen molar-refractivity contribution in [2.75, 3.05) is 24.9 Å². The Morgan fingerprint density at radius 2 is 1.84 bits per heavy atom. The van der Waals surface area contributed by atoms with E-state index < -0.39 is 12.0 Å². The van der Waals surface area contributed by atoms with Gasteiger partial charge < -0.3 is 25.2 Å². The number of anilines is 2. The van der Waals surface area contributed by atoms with Crippen molar-refractivity contribution in [2.45, 2.75) is 32.7 Å². The molecule has 0 saturated carbocycles. The van der Waals surface area contributed by atoms with Crippen molar-refractivity contribution in [1.29, 1.82) is 0 Å². The maximum Gasteiger partial charge on any atom is 0.335 e. The molecule has 7 heteroatoms. The Bertz CT molecular complexity index is 1100. The van der Waals surface area contributed by atoms with Crippen LogP contribution in [0.25, 0.3) is 0 Å². The third-order valence-electron chi connectivity index (χ3n) is 5.81. The zero-order chi connectivity index (χ0) is 22.3. The number of methoxy groups -OCH3 is 2. The maximum atomic E-state index is 13.4. The third-order valence-corrected chi connectivity index (χ3v) is 5.81. The molecule has 0 bridgehead atoms. The van der Waals surface area contributed by atoms with E-state index in [1.807, 2.05) is 18.2 Å². The van der Waals surface area contributed by atoms with Crippen LogP contribution in [0.3, 0.4) is 0 Å². The van der Waals surface area contributed by atoms with E-state index >= 15 is 0 Å². The molecule has 1 aliphatic heterocycles. The Labute approximate surface area is 181 Å². The molecule has 2 aromatic rings. The fourth-order valence-corrected chi connectivity index (χ4v) is 4.38. The van der Waals surface area contributed by atoms with Gasteiger partial charge in [-0.25, -0.2) is 4.79 Å². The summed E-state index contributed by atoms with van der Waals surface area (Å²) in [6, 6.07) is 9.88. The summed E-state index contributed by atoms with van der Waals surface area (Å²) < 4.78 is 11.0. The molecule has 1 atom stereocenters. The third kappa shape index (κ3) is 3.83. The van der Waals surface area contributed by atoms with Crippen LogP contribution >= 0.6 is 0 Å². The van der Waals surface area contributed by atoms with Crippen LogP contribution in [0.5, 0.6) is 11.5 Å². The summed E-state index contributed by atoms with van der Waals surface area (Å²) in [6.07, 6.45) is 1.09. The van der Waals surface area contributed by atoms with E-state index in [1.54, 1.807) is 32.4 Å². The fraction of sp³-hybridized carbons (Fsp3) is 0.333. The van der Waals surface area contributed by atoms with Gasteiger partial charge in [0, 0.05) is 23.3 Å². The van der Waals surface area contributed by atoms with Crippen LogP contribution in [0.4, 0.5) is 11.4 Å². The van der Waals surface area contributed by atoms with Gasteiger partial charge in [0.05, 0.1) is 37.2 Å². The van der Waals surface area contributed by atoms with Crippen LogP contribution in [0.15, 0.2) is 47.7 Å². The molecule has 4 rings (SSSR count). The first-order valence-corrected chi connectivity index (χ1v) is 10.1. The number of ketones is 1. The molecule has 162 valence electrons. The predicted molar refractivity (Wildman–Crippen MR) is 118 cm³/mol. The van der Waals surface area contributed by atoms with Gasteiger partial charge >= 0.3 is 5.97 Å². The number of aromatic carboxylic acids is 1. The van der Waals surface area contributed by atoms with Gasteiger partial charge in [0.15, 0.2) is 5.78 Å². The van der Waals surface area contributed by atoms with Crippen molar-refractivity contribution >= 4 is 23.1 Å². The number of benzene rings is 2. The first kappa shape index (κ1) is 20.8. The monoisotopic (exact) mass is 422 g/mol. The van der Waals surface area contributed by atoms with E-state index in [0.717, 1.165) is 11.3 Å². The van der Waals surface area contributed by atoms with Crippen LogP contribution < -0.4 is 20.1 Å². The smallest absolute Gasteiger partial charge is 0.335 e. The predicted octanol–water partition coefficient (Wildman–Crippen LogP) is 4.62. The zero-order valence-electron chi connectivity index (χ0n) is 18.0. The molecule has 0 aromatic heterocycles. The number of fused-ring (bicyclic) bond motifs is 1. The number of ether oxygens (including phenoxy) is 2. The molecular weight excluding hydrogens is 396 g/mol. The lowest BCUT2D eigenvalue weighted by Gasteiger charge is -2.34. The van der Waals surface area contributed by atoms with Crippen molar-refractivity contribution in [3.05, 3.63) is 58.8 Å². The molecule has 3 N–H and O–H groups in total. The Hall–Kier alpha value is -3.48. The highest BCUT2D eigenvalue weighted by Crippen LogP contribution is 2.47. The molecule has 0 spiro atoms. The molecule has 2 aromatic carbocycles. The molecule has 0 amide bonds. The minimum absolute atomic E-state index is 0.0485. The molecule has 0 unspecified atom stereocenters. The number of carboxylic acids is 1. The van der Waals surface area contributed by atoms with E-state index in [9.17, 15) is 14.7 Å². The molecule has 0 saturated heterocycles. The summed E-state index contributed by atoms with van der Waals surface area (Å²) in [7, 11) is 3.18. The SMILES string of the molecule is COc1ccc(OC)c([C@H]2Nc3ccc(C(=O)O)cc3NC3=C2C(=O)CC(C)(C)C3)c1. The number of hydrogen-bond acceptors (Lipinski definition) is 6. The Balaban J connectivity index is 1.93. The highest BCUT2D eigenvalue weighted by molar-refractivity contribution is 6.01. The molecule has 0 radical (unpaired) electrons. The average Bonchev–Trinajstić information content (AvgIpc) is 2.87. The van der Waals surface area contributed by atoms with Crippen LogP contribution in [-0.2, 0) is 4.79 Å². The number of nitrogens with one attached hydrogen (secondary N) is 2. The Kier molecular flexibility index (Phi) is 5.13. The topological polar surface area (TPSA) is 96.9 Å². The van der Waals surface area contributed by atoms with E-state index in [1.165, 1.54) is 0 Å². The molecule has 7 nitrogen and oxygen atoms in total. The standard InChI is InChI=1S/C24H26N2O5/c1-24(2)11-18-21(19(27)12-24)22(15-10-14(30-3)6-8-20(15)31-4)26-16-7-5-13(23(28)29)9-17(16)25-18/h5-10,22,25-26H,11-12H2,1-4H3,(H,28,29)/t22-/m1/s1. The first-order valence-electron chi connectivity index (χ1n) is 10.1. The summed E-state index contributed by atoms with van der Waals surface area (Å²) >= 11 is 0. The lowest BCUT2D eigenvalue weighted by atomic mass is 9.73. The van der Waals surface area contributed by atoms with Crippen LogP contribution in [0, 0.1) is 5.41 Å². The number of hydrogen-bond donors (Lipinski definition) is 3.